The van der Waals surface area contributed by atoms with Gasteiger partial charge in [-0.25, -0.2) is 0 Å². The van der Waals surface area contributed by atoms with E-state index in [9.17, 15) is 0 Å². The van der Waals surface area contributed by atoms with Gasteiger partial charge in [-0.15, -0.1) is 11.8 Å². The highest BCUT2D eigenvalue weighted by Crippen LogP contribution is 2.35. The first kappa shape index (κ1) is 10.1. The van der Waals surface area contributed by atoms with Crippen LogP contribution in [0, 0.1) is 0 Å². The van der Waals surface area contributed by atoms with Gasteiger partial charge in [-0.2, -0.15) is 0 Å². The second-order valence-electron chi connectivity index (χ2n) is 3.19. The van der Waals surface area contributed by atoms with E-state index in [2.05, 4.69) is 5.32 Å². The van der Waals surface area contributed by atoms with Crippen LogP contribution in [0.5, 0.6) is 5.75 Å². The van der Waals surface area contributed by atoms with E-state index in [1.54, 1.807) is 7.11 Å². The lowest BCUT2D eigenvalue weighted by atomic mass is 10.3. The fourth-order valence-corrected chi connectivity index (χ4v) is 2.73. The zero-order chi connectivity index (χ0) is 9.97. The average Bonchev–Trinajstić information content (AvgIpc) is 2.12. The van der Waals surface area contributed by atoms with Gasteiger partial charge >= 0.3 is 0 Å². The van der Waals surface area contributed by atoms with Crippen LogP contribution in [0.1, 0.15) is 0 Å². The summed E-state index contributed by atoms with van der Waals surface area (Å²) < 4.78 is 5.27. The van der Waals surface area contributed by atoms with E-state index in [4.69, 9.17) is 16.3 Å². The molecule has 1 aliphatic rings. The van der Waals surface area contributed by atoms with Crippen LogP contribution >= 0.6 is 23.4 Å². The minimum Gasteiger partial charge on any atom is -0.496 e. The molecular formula is C10H12ClNOS. The van der Waals surface area contributed by atoms with Crippen molar-refractivity contribution in [1.29, 1.82) is 0 Å². The molecule has 1 aliphatic heterocycles. The molecule has 4 heteroatoms. The van der Waals surface area contributed by atoms with E-state index in [1.165, 1.54) is 0 Å². The maximum atomic E-state index is 5.93. The van der Waals surface area contributed by atoms with Gasteiger partial charge in [0.05, 0.1) is 12.0 Å². The number of thioether (sulfide) groups is 1. The van der Waals surface area contributed by atoms with Gasteiger partial charge in [-0.1, -0.05) is 11.6 Å². The van der Waals surface area contributed by atoms with Gasteiger partial charge in [-0.3, -0.25) is 0 Å². The Morgan fingerprint density at radius 1 is 1.50 bits per heavy atom. The van der Waals surface area contributed by atoms with Crippen LogP contribution in [0.2, 0.25) is 5.02 Å². The van der Waals surface area contributed by atoms with Crippen molar-refractivity contribution in [2.75, 3.05) is 20.2 Å². The molecule has 76 valence electrons. The quantitative estimate of drug-likeness (QED) is 0.860. The van der Waals surface area contributed by atoms with Gasteiger partial charge in [0.25, 0.3) is 0 Å². The van der Waals surface area contributed by atoms with Gasteiger partial charge < -0.3 is 10.1 Å². The van der Waals surface area contributed by atoms with Crippen molar-refractivity contribution in [3.8, 4) is 5.75 Å². The van der Waals surface area contributed by atoms with Crippen LogP contribution in [0.15, 0.2) is 23.1 Å². The maximum absolute atomic E-state index is 5.93. The van der Waals surface area contributed by atoms with E-state index in [-0.39, 0.29) is 0 Å². The normalized spacial score (nSPS) is 16.4. The Morgan fingerprint density at radius 2 is 2.29 bits per heavy atom. The molecule has 1 aromatic carbocycles. The minimum absolute atomic E-state index is 0.655. The third-order valence-corrected chi connectivity index (χ3v) is 3.64. The summed E-state index contributed by atoms with van der Waals surface area (Å²) in [6.45, 7) is 2.14. The molecule has 0 bridgehead atoms. The van der Waals surface area contributed by atoms with Crippen molar-refractivity contribution in [1.82, 2.24) is 5.32 Å². The first-order chi connectivity index (χ1) is 6.79. The van der Waals surface area contributed by atoms with Crippen LogP contribution < -0.4 is 10.1 Å². The van der Waals surface area contributed by atoms with Gasteiger partial charge in [0.1, 0.15) is 5.75 Å². The lowest BCUT2D eigenvalue weighted by Crippen LogP contribution is -2.44. The Morgan fingerprint density at radius 3 is 2.86 bits per heavy atom. The Kier molecular flexibility index (Phi) is 3.21. The molecule has 1 heterocycles. The summed E-state index contributed by atoms with van der Waals surface area (Å²) in [5.41, 5.74) is 0. The van der Waals surface area contributed by atoms with Gasteiger partial charge in [0.15, 0.2) is 0 Å². The zero-order valence-corrected chi connectivity index (χ0v) is 9.49. The van der Waals surface area contributed by atoms with Gasteiger partial charge in [0.2, 0.25) is 0 Å². The highest BCUT2D eigenvalue weighted by molar-refractivity contribution is 8.00. The minimum atomic E-state index is 0.655. The summed E-state index contributed by atoms with van der Waals surface area (Å²) in [5, 5.41) is 4.66. The first-order valence-electron chi connectivity index (χ1n) is 4.50. The topological polar surface area (TPSA) is 21.3 Å². The standard InChI is InChI=1S/C10H12ClNOS/c1-13-9-3-2-7(11)4-10(9)14-8-5-12-6-8/h2-4,8,12H,5-6H2,1H3. The van der Waals surface area contributed by atoms with Crippen molar-refractivity contribution in [3.63, 3.8) is 0 Å². The van der Waals surface area contributed by atoms with Crippen LogP contribution in [0.25, 0.3) is 0 Å². The molecule has 2 nitrogen and oxygen atoms in total. The maximum Gasteiger partial charge on any atom is 0.132 e. The highest BCUT2D eigenvalue weighted by Gasteiger charge is 2.19. The smallest absolute Gasteiger partial charge is 0.132 e. The molecule has 1 aromatic rings. The van der Waals surface area contributed by atoms with E-state index < -0.39 is 0 Å². The van der Waals surface area contributed by atoms with E-state index in [0.717, 1.165) is 28.8 Å². The summed E-state index contributed by atoms with van der Waals surface area (Å²) in [5.74, 6) is 0.909. The second kappa shape index (κ2) is 4.43. The summed E-state index contributed by atoms with van der Waals surface area (Å²) in [7, 11) is 1.69. The molecule has 0 amide bonds. The molecule has 0 spiro atoms. The average molecular weight is 230 g/mol. The van der Waals surface area contributed by atoms with Crippen LogP contribution in [0.4, 0.5) is 0 Å². The van der Waals surface area contributed by atoms with Gasteiger partial charge in [0, 0.05) is 23.4 Å². The number of hydrogen-bond donors (Lipinski definition) is 1. The molecule has 1 fully saturated rings. The lowest BCUT2D eigenvalue weighted by Gasteiger charge is -2.26. The van der Waals surface area contributed by atoms with Crippen molar-refractivity contribution >= 4 is 23.4 Å². The Bertz CT molecular complexity index is 328. The molecule has 0 aromatic heterocycles. The number of nitrogens with one attached hydrogen (secondary N) is 1. The number of methoxy groups -OCH3 is 1. The van der Waals surface area contributed by atoms with Crippen molar-refractivity contribution < 1.29 is 4.74 Å². The molecule has 1 saturated heterocycles. The SMILES string of the molecule is COc1ccc(Cl)cc1SC1CNC1. The molecule has 0 saturated carbocycles. The number of rotatable bonds is 3. The molecule has 1 N–H and O–H groups in total. The Labute approximate surface area is 93.0 Å². The molecule has 14 heavy (non-hydrogen) atoms. The number of halogens is 1. The molecular weight excluding hydrogens is 218 g/mol. The fourth-order valence-electron chi connectivity index (χ4n) is 1.27. The summed E-state index contributed by atoms with van der Waals surface area (Å²) in [6, 6.07) is 5.73. The Hall–Kier alpha value is -0.380. The molecule has 2 rings (SSSR count). The van der Waals surface area contributed by atoms with Crippen LogP contribution in [0.3, 0.4) is 0 Å². The van der Waals surface area contributed by atoms with E-state index in [1.807, 2.05) is 30.0 Å². The summed E-state index contributed by atoms with van der Waals surface area (Å²) >= 11 is 7.76. The molecule has 0 aliphatic carbocycles. The monoisotopic (exact) mass is 229 g/mol. The number of benzene rings is 1. The molecule has 0 radical (unpaired) electrons. The van der Waals surface area contributed by atoms with Gasteiger partial charge in [-0.05, 0) is 18.2 Å². The number of ether oxygens (including phenoxy) is 1. The van der Waals surface area contributed by atoms with Crippen molar-refractivity contribution in [2.45, 2.75) is 10.1 Å². The first-order valence-corrected chi connectivity index (χ1v) is 5.76. The van der Waals surface area contributed by atoms with Crippen LogP contribution in [-0.2, 0) is 0 Å². The highest BCUT2D eigenvalue weighted by atomic mass is 35.5. The largest absolute Gasteiger partial charge is 0.496 e. The molecule has 0 unspecified atom stereocenters. The third kappa shape index (κ3) is 2.16. The molecule has 0 atom stereocenters. The van der Waals surface area contributed by atoms with E-state index in [0.29, 0.717) is 5.25 Å². The van der Waals surface area contributed by atoms with Crippen LogP contribution in [-0.4, -0.2) is 25.4 Å². The summed E-state index contributed by atoms with van der Waals surface area (Å²) in [4.78, 5) is 1.13. The fraction of sp³-hybridized carbons (Fsp3) is 0.400. The zero-order valence-electron chi connectivity index (χ0n) is 7.92. The Balaban J connectivity index is 2.15. The third-order valence-electron chi connectivity index (χ3n) is 2.16. The van der Waals surface area contributed by atoms with Crippen molar-refractivity contribution in [3.05, 3.63) is 23.2 Å². The van der Waals surface area contributed by atoms with Crippen molar-refractivity contribution in [2.24, 2.45) is 0 Å². The predicted octanol–water partition coefficient (Wildman–Crippen LogP) is 2.41. The van der Waals surface area contributed by atoms with E-state index >= 15 is 0 Å². The second-order valence-corrected chi connectivity index (χ2v) is 4.97. The summed E-state index contributed by atoms with van der Waals surface area (Å²) in [6.07, 6.45) is 0. The number of hydrogen-bond acceptors (Lipinski definition) is 3. The predicted molar refractivity (Wildman–Crippen MR) is 60.5 cm³/mol. The lowest BCUT2D eigenvalue weighted by molar-refractivity contribution is 0.404.